The van der Waals surface area contributed by atoms with Crippen LogP contribution in [0.1, 0.15) is 23.6 Å². The van der Waals surface area contributed by atoms with Gasteiger partial charge in [0.15, 0.2) is 0 Å². The second-order valence-corrected chi connectivity index (χ2v) is 3.07. The lowest BCUT2D eigenvalue weighted by molar-refractivity contribution is 0.459. The van der Waals surface area contributed by atoms with Gasteiger partial charge < -0.3 is 16.6 Å². The summed E-state index contributed by atoms with van der Waals surface area (Å²) < 4.78 is 0. The van der Waals surface area contributed by atoms with E-state index in [2.05, 4.69) is 0 Å². The van der Waals surface area contributed by atoms with E-state index in [9.17, 15) is 5.11 Å². The number of phenols is 1. The van der Waals surface area contributed by atoms with Crippen LogP contribution < -0.4 is 11.5 Å². The molecule has 5 N–H and O–H groups in total. The predicted octanol–water partition coefficient (Wildman–Crippen LogP) is 0.612. The fourth-order valence-corrected chi connectivity index (χ4v) is 1.26. The highest BCUT2D eigenvalue weighted by Crippen LogP contribution is 2.25. The Hall–Kier alpha value is -1.57. The zero-order chi connectivity index (χ0) is 10.6. The summed E-state index contributed by atoms with van der Waals surface area (Å²) in [4.78, 5) is 0. The summed E-state index contributed by atoms with van der Waals surface area (Å²) in [5.74, 6) is 0.116. The Labute approximate surface area is 82.8 Å². The molecule has 0 aromatic heterocycles. The average Bonchev–Trinajstić information content (AvgIpc) is 2.19. The van der Waals surface area contributed by atoms with Crippen LogP contribution in [0.5, 0.6) is 5.75 Å². The van der Waals surface area contributed by atoms with Gasteiger partial charge in [-0.15, -0.1) is 0 Å². The van der Waals surface area contributed by atoms with Crippen molar-refractivity contribution < 1.29 is 5.11 Å². The monoisotopic (exact) mass is 191 g/mol. The number of hydrogen-bond acceptors (Lipinski definition) is 4. The summed E-state index contributed by atoms with van der Waals surface area (Å²) in [6, 6.07) is 6.30. The molecule has 0 saturated heterocycles. The summed E-state index contributed by atoms with van der Waals surface area (Å²) in [7, 11) is 0. The third-order valence-corrected chi connectivity index (χ3v) is 2.03. The maximum atomic E-state index is 9.50. The second kappa shape index (κ2) is 4.61. The van der Waals surface area contributed by atoms with Crippen molar-refractivity contribution in [3.8, 4) is 11.8 Å². The van der Waals surface area contributed by atoms with E-state index in [1.54, 1.807) is 12.1 Å². The highest BCUT2D eigenvalue weighted by atomic mass is 16.3. The normalized spacial score (nSPS) is 12.1. The van der Waals surface area contributed by atoms with Crippen LogP contribution in [0, 0.1) is 11.3 Å². The number of aromatic hydroxyl groups is 1. The lowest BCUT2D eigenvalue weighted by atomic mass is 10.0. The van der Waals surface area contributed by atoms with Crippen LogP contribution in [0.2, 0.25) is 0 Å². The van der Waals surface area contributed by atoms with E-state index >= 15 is 0 Å². The summed E-state index contributed by atoms with van der Waals surface area (Å²) >= 11 is 0. The smallest absolute Gasteiger partial charge is 0.120 e. The van der Waals surface area contributed by atoms with Crippen molar-refractivity contribution in [3.05, 3.63) is 29.3 Å². The van der Waals surface area contributed by atoms with Crippen LogP contribution in [0.25, 0.3) is 0 Å². The van der Waals surface area contributed by atoms with E-state index in [1.807, 2.05) is 6.07 Å². The van der Waals surface area contributed by atoms with Gasteiger partial charge in [0, 0.05) is 11.6 Å². The molecule has 0 radical (unpaired) electrons. The number of hydrogen-bond donors (Lipinski definition) is 3. The molecule has 0 spiro atoms. The van der Waals surface area contributed by atoms with Gasteiger partial charge in [-0.1, -0.05) is 0 Å². The predicted molar refractivity (Wildman–Crippen MR) is 53.4 cm³/mol. The summed E-state index contributed by atoms with van der Waals surface area (Å²) in [6.45, 7) is 0.456. The Balaban J connectivity index is 3.01. The van der Waals surface area contributed by atoms with E-state index in [0.29, 0.717) is 24.1 Å². The average molecular weight is 191 g/mol. The molecule has 4 heteroatoms. The molecule has 0 aliphatic heterocycles. The minimum absolute atomic E-state index is 0.116. The fraction of sp³-hybridized carbons (Fsp3) is 0.300. The molecular formula is C10H13N3O. The van der Waals surface area contributed by atoms with Crippen molar-refractivity contribution >= 4 is 0 Å². The third-order valence-electron chi connectivity index (χ3n) is 2.03. The van der Waals surface area contributed by atoms with Crippen LogP contribution >= 0.6 is 0 Å². The topological polar surface area (TPSA) is 96.1 Å². The maximum Gasteiger partial charge on any atom is 0.120 e. The Morgan fingerprint density at radius 1 is 1.50 bits per heavy atom. The zero-order valence-corrected chi connectivity index (χ0v) is 7.77. The van der Waals surface area contributed by atoms with Gasteiger partial charge in [0.1, 0.15) is 5.75 Å². The quantitative estimate of drug-likeness (QED) is 0.652. The van der Waals surface area contributed by atoms with Crippen LogP contribution in [0.4, 0.5) is 0 Å². The Morgan fingerprint density at radius 3 is 2.79 bits per heavy atom. The fourth-order valence-electron chi connectivity index (χ4n) is 1.26. The molecular weight excluding hydrogens is 178 g/mol. The lowest BCUT2D eigenvalue weighted by Crippen LogP contribution is -2.15. The molecule has 0 aliphatic rings. The first-order chi connectivity index (χ1) is 6.69. The highest BCUT2D eigenvalue weighted by molar-refractivity contribution is 5.42. The molecule has 0 heterocycles. The van der Waals surface area contributed by atoms with Crippen LogP contribution in [0.3, 0.4) is 0 Å². The van der Waals surface area contributed by atoms with Crippen molar-refractivity contribution in [1.29, 1.82) is 5.26 Å². The van der Waals surface area contributed by atoms with Gasteiger partial charge in [-0.25, -0.2) is 0 Å². The van der Waals surface area contributed by atoms with E-state index in [1.165, 1.54) is 6.07 Å². The minimum Gasteiger partial charge on any atom is -0.508 e. The van der Waals surface area contributed by atoms with Gasteiger partial charge in [-0.05, 0) is 31.2 Å². The van der Waals surface area contributed by atoms with Gasteiger partial charge in [-0.3, -0.25) is 0 Å². The number of nitriles is 1. The van der Waals surface area contributed by atoms with Gasteiger partial charge in [0.2, 0.25) is 0 Å². The number of phenolic OH excluding ortho intramolecular Hbond substituents is 1. The summed E-state index contributed by atoms with van der Waals surface area (Å²) in [5, 5.41) is 18.2. The molecule has 4 nitrogen and oxygen atoms in total. The molecule has 1 rings (SSSR count). The van der Waals surface area contributed by atoms with Crippen molar-refractivity contribution in [2.24, 2.45) is 11.5 Å². The largest absolute Gasteiger partial charge is 0.508 e. The molecule has 0 fully saturated rings. The standard InChI is InChI=1S/C10H13N3O/c11-4-3-9(13)8-5-7(6-12)1-2-10(8)14/h1-2,5,9,14H,3-4,11,13H2/t9-/m0/s1. The molecule has 0 amide bonds. The van der Waals surface area contributed by atoms with Crippen molar-refractivity contribution in [2.45, 2.75) is 12.5 Å². The Bertz CT molecular complexity index is 357. The number of rotatable bonds is 3. The molecule has 0 saturated carbocycles. The number of benzene rings is 1. The molecule has 0 unspecified atom stereocenters. The number of nitrogens with two attached hydrogens (primary N) is 2. The molecule has 1 aromatic carbocycles. The van der Waals surface area contributed by atoms with Gasteiger partial charge in [0.05, 0.1) is 11.6 Å². The van der Waals surface area contributed by atoms with E-state index in [-0.39, 0.29) is 11.8 Å². The zero-order valence-electron chi connectivity index (χ0n) is 7.77. The first-order valence-corrected chi connectivity index (χ1v) is 4.37. The Kier molecular flexibility index (Phi) is 3.46. The molecule has 0 bridgehead atoms. The van der Waals surface area contributed by atoms with E-state index in [0.717, 1.165) is 0 Å². The van der Waals surface area contributed by atoms with Crippen LogP contribution in [-0.4, -0.2) is 11.7 Å². The minimum atomic E-state index is -0.312. The van der Waals surface area contributed by atoms with Crippen molar-refractivity contribution in [2.75, 3.05) is 6.54 Å². The Morgan fingerprint density at radius 2 is 2.21 bits per heavy atom. The van der Waals surface area contributed by atoms with Crippen molar-refractivity contribution in [3.63, 3.8) is 0 Å². The van der Waals surface area contributed by atoms with E-state index in [4.69, 9.17) is 16.7 Å². The van der Waals surface area contributed by atoms with Gasteiger partial charge in [-0.2, -0.15) is 5.26 Å². The van der Waals surface area contributed by atoms with E-state index < -0.39 is 0 Å². The van der Waals surface area contributed by atoms with Crippen molar-refractivity contribution in [1.82, 2.24) is 0 Å². The summed E-state index contributed by atoms with van der Waals surface area (Å²) in [6.07, 6.45) is 0.586. The SMILES string of the molecule is N#Cc1ccc(O)c([C@@H](N)CCN)c1. The van der Waals surface area contributed by atoms with Crippen LogP contribution in [0.15, 0.2) is 18.2 Å². The molecule has 1 atom stereocenters. The third kappa shape index (κ3) is 2.22. The first-order valence-electron chi connectivity index (χ1n) is 4.37. The highest BCUT2D eigenvalue weighted by Gasteiger charge is 2.10. The van der Waals surface area contributed by atoms with Gasteiger partial charge in [0.25, 0.3) is 0 Å². The lowest BCUT2D eigenvalue weighted by Gasteiger charge is -2.12. The van der Waals surface area contributed by atoms with Crippen LogP contribution in [-0.2, 0) is 0 Å². The molecule has 14 heavy (non-hydrogen) atoms. The summed E-state index contributed by atoms with van der Waals surface area (Å²) in [5.41, 5.74) is 12.2. The maximum absolute atomic E-state index is 9.50. The second-order valence-electron chi connectivity index (χ2n) is 3.07. The number of nitrogens with zero attached hydrogens (tertiary/aromatic N) is 1. The molecule has 74 valence electrons. The first kappa shape index (κ1) is 10.5. The molecule has 0 aliphatic carbocycles. The van der Waals surface area contributed by atoms with Gasteiger partial charge >= 0.3 is 0 Å². The molecule has 1 aromatic rings.